The standard InChI is InChI=1S/C16H26N4O2S.HI/c1-23(21,22)19-12-5-11-17-16(20-15-8-9-15)18-13-10-14-6-3-2-4-7-14;/h2-4,6-7,15,19H,5,8-13H2,1H3,(H2,17,18,20);1H. The molecule has 1 fully saturated rings. The van der Waals surface area contributed by atoms with Crippen molar-refractivity contribution < 1.29 is 8.42 Å². The number of hydrogen-bond donors (Lipinski definition) is 3. The molecule has 0 heterocycles. The molecule has 1 aliphatic carbocycles. The average Bonchev–Trinajstić information content (AvgIpc) is 3.30. The monoisotopic (exact) mass is 466 g/mol. The van der Waals surface area contributed by atoms with Gasteiger partial charge in [-0.3, -0.25) is 4.99 Å². The zero-order valence-corrected chi connectivity index (χ0v) is 17.1. The molecule has 0 atom stereocenters. The normalized spacial score (nSPS) is 14.8. The van der Waals surface area contributed by atoms with Gasteiger partial charge in [-0.15, -0.1) is 24.0 Å². The van der Waals surface area contributed by atoms with Crippen molar-refractivity contribution in [2.24, 2.45) is 4.99 Å². The molecule has 1 aliphatic rings. The van der Waals surface area contributed by atoms with Crippen molar-refractivity contribution in [3.8, 4) is 0 Å². The highest BCUT2D eigenvalue weighted by Crippen LogP contribution is 2.18. The van der Waals surface area contributed by atoms with Crippen molar-refractivity contribution in [2.75, 3.05) is 25.9 Å². The summed E-state index contributed by atoms with van der Waals surface area (Å²) < 4.78 is 24.4. The third-order valence-electron chi connectivity index (χ3n) is 3.44. The first kappa shape index (κ1) is 21.2. The van der Waals surface area contributed by atoms with Gasteiger partial charge < -0.3 is 10.6 Å². The minimum absolute atomic E-state index is 0. The third-order valence-corrected chi connectivity index (χ3v) is 4.16. The molecule has 2 rings (SSSR count). The first-order chi connectivity index (χ1) is 11.0. The minimum atomic E-state index is -3.11. The average molecular weight is 466 g/mol. The van der Waals surface area contributed by atoms with Gasteiger partial charge in [0, 0.05) is 25.7 Å². The SMILES string of the molecule is CS(=O)(=O)NCCCN=C(NCCc1ccccc1)NC1CC1.I. The van der Waals surface area contributed by atoms with Gasteiger partial charge in [-0.2, -0.15) is 0 Å². The maximum atomic E-state index is 11.0. The first-order valence-corrected chi connectivity index (χ1v) is 9.95. The second-order valence-electron chi connectivity index (χ2n) is 5.83. The van der Waals surface area contributed by atoms with Gasteiger partial charge in [0.15, 0.2) is 5.96 Å². The van der Waals surface area contributed by atoms with Gasteiger partial charge in [0.05, 0.1) is 6.26 Å². The summed E-state index contributed by atoms with van der Waals surface area (Å²) in [5.41, 5.74) is 1.29. The number of nitrogens with zero attached hydrogens (tertiary/aromatic N) is 1. The molecule has 136 valence electrons. The molecule has 0 spiro atoms. The Morgan fingerprint density at radius 2 is 1.92 bits per heavy atom. The molecule has 0 radical (unpaired) electrons. The summed E-state index contributed by atoms with van der Waals surface area (Å²) in [6.45, 7) is 1.84. The fourth-order valence-electron chi connectivity index (χ4n) is 2.07. The van der Waals surface area contributed by atoms with Crippen LogP contribution in [0.15, 0.2) is 35.3 Å². The number of hydrogen-bond acceptors (Lipinski definition) is 3. The van der Waals surface area contributed by atoms with E-state index in [2.05, 4.69) is 32.5 Å². The molecular weight excluding hydrogens is 439 g/mol. The van der Waals surface area contributed by atoms with E-state index in [-0.39, 0.29) is 24.0 Å². The van der Waals surface area contributed by atoms with Gasteiger partial charge in [0.25, 0.3) is 0 Å². The third kappa shape index (κ3) is 10.1. The Balaban J connectivity index is 0.00000288. The van der Waals surface area contributed by atoms with Crippen LogP contribution >= 0.6 is 24.0 Å². The van der Waals surface area contributed by atoms with Crippen LogP contribution in [0.2, 0.25) is 0 Å². The van der Waals surface area contributed by atoms with Gasteiger partial charge in [0.1, 0.15) is 0 Å². The summed E-state index contributed by atoms with van der Waals surface area (Å²) in [4.78, 5) is 4.51. The Morgan fingerprint density at radius 1 is 1.21 bits per heavy atom. The van der Waals surface area contributed by atoms with E-state index in [1.807, 2.05) is 18.2 Å². The summed E-state index contributed by atoms with van der Waals surface area (Å²) in [5.74, 6) is 0.822. The predicted octanol–water partition coefficient (Wildman–Crippen LogP) is 1.48. The molecule has 0 unspecified atom stereocenters. The van der Waals surface area contributed by atoms with E-state index in [1.165, 1.54) is 24.7 Å². The van der Waals surface area contributed by atoms with Gasteiger partial charge in [-0.25, -0.2) is 13.1 Å². The van der Waals surface area contributed by atoms with E-state index in [0.717, 1.165) is 18.9 Å². The van der Waals surface area contributed by atoms with Gasteiger partial charge >= 0.3 is 0 Å². The molecule has 0 amide bonds. The molecule has 0 bridgehead atoms. The van der Waals surface area contributed by atoms with E-state index in [0.29, 0.717) is 25.6 Å². The van der Waals surface area contributed by atoms with Gasteiger partial charge in [-0.05, 0) is 31.2 Å². The quantitative estimate of drug-likeness (QED) is 0.223. The van der Waals surface area contributed by atoms with E-state index in [1.54, 1.807) is 0 Å². The van der Waals surface area contributed by atoms with Crippen molar-refractivity contribution in [3.05, 3.63) is 35.9 Å². The van der Waals surface area contributed by atoms with Crippen molar-refractivity contribution in [1.82, 2.24) is 15.4 Å². The highest BCUT2D eigenvalue weighted by molar-refractivity contribution is 14.0. The number of aliphatic imine (C=N–C) groups is 1. The second kappa shape index (κ2) is 10.9. The van der Waals surface area contributed by atoms with Crippen LogP contribution in [0.3, 0.4) is 0 Å². The summed E-state index contributed by atoms with van der Waals surface area (Å²) in [6, 6.07) is 10.9. The number of rotatable bonds is 9. The van der Waals surface area contributed by atoms with E-state index in [4.69, 9.17) is 0 Å². The molecule has 0 saturated heterocycles. The van der Waals surface area contributed by atoms with E-state index >= 15 is 0 Å². The van der Waals surface area contributed by atoms with Crippen LogP contribution < -0.4 is 15.4 Å². The Hall–Kier alpha value is -0.870. The largest absolute Gasteiger partial charge is 0.356 e. The lowest BCUT2D eigenvalue weighted by atomic mass is 10.1. The van der Waals surface area contributed by atoms with Crippen LogP contribution in [0.25, 0.3) is 0 Å². The van der Waals surface area contributed by atoms with Crippen LogP contribution in [0.1, 0.15) is 24.8 Å². The number of halogens is 1. The molecule has 6 nitrogen and oxygen atoms in total. The molecule has 0 aromatic heterocycles. The molecule has 24 heavy (non-hydrogen) atoms. The smallest absolute Gasteiger partial charge is 0.208 e. The highest BCUT2D eigenvalue weighted by atomic mass is 127. The van der Waals surface area contributed by atoms with E-state index < -0.39 is 10.0 Å². The Bertz CT molecular complexity index is 604. The molecule has 3 N–H and O–H groups in total. The molecule has 1 aromatic rings. The zero-order valence-electron chi connectivity index (χ0n) is 14.0. The summed E-state index contributed by atoms with van der Waals surface area (Å²) >= 11 is 0. The maximum Gasteiger partial charge on any atom is 0.208 e. The Kier molecular flexibility index (Phi) is 9.60. The minimum Gasteiger partial charge on any atom is -0.356 e. The summed E-state index contributed by atoms with van der Waals surface area (Å²) in [5, 5.41) is 6.73. The van der Waals surface area contributed by atoms with Gasteiger partial charge in [0.2, 0.25) is 10.0 Å². The number of benzene rings is 1. The molecule has 0 aliphatic heterocycles. The van der Waals surface area contributed by atoms with Crippen molar-refractivity contribution in [2.45, 2.75) is 31.7 Å². The predicted molar refractivity (Wildman–Crippen MR) is 109 cm³/mol. The second-order valence-corrected chi connectivity index (χ2v) is 7.66. The maximum absolute atomic E-state index is 11.0. The molecule has 1 aromatic carbocycles. The lowest BCUT2D eigenvalue weighted by molar-refractivity contribution is 0.585. The molecular formula is C16H27IN4O2S. The lowest BCUT2D eigenvalue weighted by Crippen LogP contribution is -2.39. The van der Waals surface area contributed by atoms with Crippen LogP contribution in [0, 0.1) is 0 Å². The highest BCUT2D eigenvalue weighted by Gasteiger charge is 2.22. The van der Waals surface area contributed by atoms with Crippen LogP contribution in [-0.2, 0) is 16.4 Å². The summed E-state index contributed by atoms with van der Waals surface area (Å²) in [6.07, 6.45) is 5.18. The van der Waals surface area contributed by atoms with Crippen molar-refractivity contribution >= 4 is 40.0 Å². The fraction of sp³-hybridized carbons (Fsp3) is 0.562. The summed E-state index contributed by atoms with van der Waals surface area (Å²) in [7, 11) is -3.11. The number of nitrogens with one attached hydrogen (secondary N) is 3. The topological polar surface area (TPSA) is 82.6 Å². The fourth-order valence-corrected chi connectivity index (χ4v) is 2.59. The molecule has 8 heteroatoms. The number of sulfonamides is 1. The molecule has 1 saturated carbocycles. The Morgan fingerprint density at radius 3 is 2.54 bits per heavy atom. The van der Waals surface area contributed by atoms with E-state index in [9.17, 15) is 8.42 Å². The van der Waals surface area contributed by atoms with Crippen LogP contribution in [0.5, 0.6) is 0 Å². The lowest BCUT2D eigenvalue weighted by Gasteiger charge is -2.12. The van der Waals surface area contributed by atoms with Crippen molar-refractivity contribution in [3.63, 3.8) is 0 Å². The Labute approximate surface area is 162 Å². The van der Waals surface area contributed by atoms with Gasteiger partial charge in [-0.1, -0.05) is 30.3 Å². The first-order valence-electron chi connectivity index (χ1n) is 8.06. The van der Waals surface area contributed by atoms with Crippen LogP contribution in [-0.4, -0.2) is 46.3 Å². The van der Waals surface area contributed by atoms with Crippen molar-refractivity contribution in [1.29, 1.82) is 0 Å². The van der Waals surface area contributed by atoms with Crippen LogP contribution in [0.4, 0.5) is 0 Å². The zero-order chi connectivity index (χ0) is 16.5. The number of guanidine groups is 1.